The minimum Gasteiger partial charge on any atom is -0.352 e. The molecular formula is C24H26FN3O3. The number of nitrogens with zero attached hydrogens (tertiary/aromatic N) is 2. The molecule has 6 nitrogen and oxygen atoms in total. The predicted octanol–water partition coefficient (Wildman–Crippen LogP) is 3.04. The molecular weight excluding hydrogens is 397 g/mol. The van der Waals surface area contributed by atoms with E-state index < -0.39 is 11.7 Å². The summed E-state index contributed by atoms with van der Waals surface area (Å²) in [7, 11) is 0. The van der Waals surface area contributed by atoms with Crippen molar-refractivity contribution in [3.05, 3.63) is 65.0 Å². The number of amides is 3. The van der Waals surface area contributed by atoms with Gasteiger partial charge in [-0.25, -0.2) is 4.39 Å². The maximum atomic E-state index is 14.3. The average Bonchev–Trinajstić information content (AvgIpc) is 3.42. The lowest BCUT2D eigenvalue weighted by atomic mass is 10.1. The number of hydrogen-bond donors (Lipinski definition) is 1. The molecule has 2 aliphatic heterocycles. The first-order valence-electron chi connectivity index (χ1n) is 10.6. The minimum atomic E-state index is -0.539. The van der Waals surface area contributed by atoms with Crippen LogP contribution in [0.25, 0.3) is 0 Å². The number of rotatable bonds is 5. The fourth-order valence-electron chi connectivity index (χ4n) is 4.20. The van der Waals surface area contributed by atoms with E-state index in [-0.39, 0.29) is 42.9 Å². The van der Waals surface area contributed by atoms with Crippen LogP contribution in [-0.2, 0) is 16.1 Å². The van der Waals surface area contributed by atoms with Crippen LogP contribution >= 0.6 is 0 Å². The van der Waals surface area contributed by atoms with Gasteiger partial charge in [-0.3, -0.25) is 14.4 Å². The van der Waals surface area contributed by atoms with Crippen molar-refractivity contribution in [1.82, 2.24) is 10.2 Å². The van der Waals surface area contributed by atoms with Gasteiger partial charge >= 0.3 is 0 Å². The molecule has 2 aliphatic rings. The van der Waals surface area contributed by atoms with E-state index >= 15 is 0 Å². The highest BCUT2D eigenvalue weighted by molar-refractivity contribution is 6.00. The molecule has 2 saturated heterocycles. The standard InChI is InChI=1S/C24H26FN3O3/c1-16-7-8-21(20(25)11-16)28-15-19(13-22(28)29)23(30)26-14-17-5-4-6-18(12-17)24(31)27-9-2-3-10-27/h4-8,11-12,19H,2-3,9-10,13-15H2,1H3,(H,26,30). The lowest BCUT2D eigenvalue weighted by Gasteiger charge is -2.18. The quantitative estimate of drug-likeness (QED) is 0.804. The number of nitrogens with one attached hydrogen (secondary N) is 1. The molecule has 1 unspecified atom stereocenters. The summed E-state index contributed by atoms with van der Waals surface area (Å²) in [6.45, 7) is 3.77. The third kappa shape index (κ3) is 4.60. The molecule has 0 spiro atoms. The Morgan fingerprint density at radius 2 is 1.90 bits per heavy atom. The summed E-state index contributed by atoms with van der Waals surface area (Å²) in [5.74, 6) is -1.50. The summed E-state index contributed by atoms with van der Waals surface area (Å²) >= 11 is 0. The van der Waals surface area contributed by atoms with Crippen molar-refractivity contribution in [2.75, 3.05) is 24.5 Å². The molecule has 2 aromatic carbocycles. The largest absolute Gasteiger partial charge is 0.352 e. The normalized spacial score (nSPS) is 18.5. The molecule has 0 aromatic heterocycles. The number of carbonyl (C=O) groups is 3. The van der Waals surface area contributed by atoms with E-state index in [1.54, 1.807) is 31.2 Å². The number of halogens is 1. The van der Waals surface area contributed by atoms with E-state index in [1.807, 2.05) is 17.0 Å². The zero-order valence-corrected chi connectivity index (χ0v) is 17.6. The van der Waals surface area contributed by atoms with E-state index in [0.29, 0.717) is 5.56 Å². The minimum absolute atomic E-state index is 0.0165. The van der Waals surface area contributed by atoms with Gasteiger partial charge in [-0.15, -0.1) is 0 Å². The molecule has 0 saturated carbocycles. The van der Waals surface area contributed by atoms with Crippen molar-refractivity contribution >= 4 is 23.4 Å². The van der Waals surface area contributed by atoms with Gasteiger partial charge in [0.1, 0.15) is 5.82 Å². The van der Waals surface area contributed by atoms with Crippen LogP contribution in [0.2, 0.25) is 0 Å². The molecule has 2 fully saturated rings. The Morgan fingerprint density at radius 1 is 1.13 bits per heavy atom. The van der Waals surface area contributed by atoms with Crippen LogP contribution in [0, 0.1) is 18.7 Å². The first-order valence-corrected chi connectivity index (χ1v) is 10.6. The Balaban J connectivity index is 1.36. The van der Waals surface area contributed by atoms with Gasteiger partial charge in [-0.2, -0.15) is 0 Å². The zero-order chi connectivity index (χ0) is 22.0. The lowest BCUT2D eigenvalue weighted by Crippen LogP contribution is -2.33. The van der Waals surface area contributed by atoms with E-state index in [2.05, 4.69) is 5.32 Å². The van der Waals surface area contributed by atoms with E-state index in [0.717, 1.165) is 37.1 Å². The topological polar surface area (TPSA) is 69.7 Å². The fraction of sp³-hybridized carbons (Fsp3) is 0.375. The third-order valence-corrected chi connectivity index (χ3v) is 5.92. The van der Waals surface area contributed by atoms with Crippen molar-refractivity contribution in [3.8, 4) is 0 Å². The summed E-state index contributed by atoms with van der Waals surface area (Å²) in [5.41, 5.74) is 2.42. The van der Waals surface area contributed by atoms with Crippen molar-refractivity contribution in [3.63, 3.8) is 0 Å². The number of benzene rings is 2. The van der Waals surface area contributed by atoms with Crippen molar-refractivity contribution < 1.29 is 18.8 Å². The third-order valence-electron chi connectivity index (χ3n) is 5.92. The number of likely N-dealkylation sites (tertiary alicyclic amines) is 1. The molecule has 2 heterocycles. The molecule has 2 aromatic rings. The molecule has 0 aliphatic carbocycles. The second kappa shape index (κ2) is 8.88. The predicted molar refractivity (Wildman–Crippen MR) is 115 cm³/mol. The Bertz CT molecular complexity index is 1020. The maximum absolute atomic E-state index is 14.3. The van der Waals surface area contributed by atoms with Gasteiger partial charge in [0.25, 0.3) is 5.91 Å². The van der Waals surface area contributed by atoms with Crippen molar-refractivity contribution in [2.45, 2.75) is 32.7 Å². The summed E-state index contributed by atoms with van der Waals surface area (Å²) in [5, 5.41) is 2.86. The van der Waals surface area contributed by atoms with Crippen LogP contribution in [-0.4, -0.2) is 42.3 Å². The maximum Gasteiger partial charge on any atom is 0.253 e. The highest BCUT2D eigenvalue weighted by Gasteiger charge is 2.36. The first kappa shape index (κ1) is 21.0. The highest BCUT2D eigenvalue weighted by atomic mass is 19.1. The summed E-state index contributed by atoms with van der Waals surface area (Å²) in [4.78, 5) is 40.8. The second-order valence-electron chi connectivity index (χ2n) is 8.28. The molecule has 1 atom stereocenters. The van der Waals surface area contributed by atoms with Gasteiger partial charge < -0.3 is 15.1 Å². The van der Waals surface area contributed by atoms with E-state index in [1.165, 1.54) is 11.0 Å². The lowest BCUT2D eigenvalue weighted by molar-refractivity contribution is -0.126. The molecule has 3 amide bonds. The number of carbonyl (C=O) groups excluding carboxylic acids is 3. The number of hydrogen-bond acceptors (Lipinski definition) is 3. The van der Waals surface area contributed by atoms with Gasteiger partial charge in [0.15, 0.2) is 0 Å². The Labute approximate surface area is 181 Å². The van der Waals surface area contributed by atoms with Crippen LogP contribution in [0.5, 0.6) is 0 Å². The summed E-state index contributed by atoms with van der Waals surface area (Å²) in [6, 6.07) is 12.0. The number of aryl methyl sites for hydroxylation is 1. The Kier molecular flexibility index (Phi) is 6.02. The Hall–Kier alpha value is -3.22. The van der Waals surface area contributed by atoms with Gasteiger partial charge in [0.05, 0.1) is 11.6 Å². The van der Waals surface area contributed by atoms with Crippen LogP contribution in [0.1, 0.15) is 40.7 Å². The monoisotopic (exact) mass is 423 g/mol. The van der Waals surface area contributed by atoms with Gasteiger partial charge in [0, 0.05) is 38.2 Å². The van der Waals surface area contributed by atoms with Crippen molar-refractivity contribution in [1.29, 1.82) is 0 Å². The Morgan fingerprint density at radius 3 is 2.65 bits per heavy atom. The fourth-order valence-corrected chi connectivity index (χ4v) is 4.20. The molecule has 162 valence electrons. The molecule has 0 radical (unpaired) electrons. The number of anilines is 1. The van der Waals surface area contributed by atoms with Crippen molar-refractivity contribution in [2.24, 2.45) is 5.92 Å². The molecule has 7 heteroatoms. The van der Waals surface area contributed by atoms with Crippen LogP contribution in [0.3, 0.4) is 0 Å². The van der Waals surface area contributed by atoms with E-state index in [4.69, 9.17) is 0 Å². The molecule has 0 bridgehead atoms. The molecule has 4 rings (SSSR count). The summed E-state index contributed by atoms with van der Waals surface area (Å²) in [6.07, 6.45) is 2.11. The SMILES string of the molecule is Cc1ccc(N2CC(C(=O)NCc3cccc(C(=O)N4CCCC4)c3)CC2=O)c(F)c1. The first-order chi connectivity index (χ1) is 14.9. The smallest absolute Gasteiger partial charge is 0.253 e. The zero-order valence-electron chi connectivity index (χ0n) is 17.6. The molecule has 1 N–H and O–H groups in total. The summed E-state index contributed by atoms with van der Waals surface area (Å²) < 4.78 is 14.3. The average molecular weight is 423 g/mol. The van der Waals surface area contributed by atoms with Gasteiger partial charge in [-0.1, -0.05) is 18.2 Å². The van der Waals surface area contributed by atoms with Gasteiger partial charge in [-0.05, 0) is 55.2 Å². The molecule has 31 heavy (non-hydrogen) atoms. The van der Waals surface area contributed by atoms with E-state index in [9.17, 15) is 18.8 Å². The highest BCUT2D eigenvalue weighted by Crippen LogP contribution is 2.28. The second-order valence-corrected chi connectivity index (χ2v) is 8.28. The van der Waals surface area contributed by atoms with Crippen LogP contribution in [0.15, 0.2) is 42.5 Å². The van der Waals surface area contributed by atoms with Crippen LogP contribution in [0.4, 0.5) is 10.1 Å². The van der Waals surface area contributed by atoms with Crippen LogP contribution < -0.4 is 10.2 Å². The van der Waals surface area contributed by atoms with Gasteiger partial charge in [0.2, 0.25) is 11.8 Å².